The van der Waals surface area contributed by atoms with Gasteiger partial charge in [-0.05, 0) is 24.9 Å². The number of nitrogens with one attached hydrogen (secondary N) is 1. The van der Waals surface area contributed by atoms with Gasteiger partial charge in [-0.3, -0.25) is 0 Å². The summed E-state index contributed by atoms with van der Waals surface area (Å²) in [6.07, 6.45) is 2.45. The summed E-state index contributed by atoms with van der Waals surface area (Å²) < 4.78 is 6.15. The van der Waals surface area contributed by atoms with Gasteiger partial charge in [0.2, 0.25) is 0 Å². The molecule has 0 aliphatic rings. The molecule has 0 amide bonds. The Labute approximate surface area is 109 Å². The van der Waals surface area contributed by atoms with Crippen molar-refractivity contribution in [2.45, 2.75) is 25.9 Å². The maximum absolute atomic E-state index is 6.15. The standard InChI is InChI=1S/C16H21NO/c1-3-7-14(12-17-2)18-16-11-6-9-13-8-4-5-10-15(13)16/h4-6,8-11,14,17H,3,7,12H2,1-2H3. The second-order valence-corrected chi connectivity index (χ2v) is 4.56. The first kappa shape index (κ1) is 12.9. The Morgan fingerprint density at radius 3 is 2.67 bits per heavy atom. The van der Waals surface area contributed by atoms with Crippen molar-refractivity contribution in [2.75, 3.05) is 13.6 Å². The van der Waals surface area contributed by atoms with Gasteiger partial charge in [0, 0.05) is 11.9 Å². The number of hydrogen-bond acceptors (Lipinski definition) is 2. The van der Waals surface area contributed by atoms with Crippen LogP contribution in [0.4, 0.5) is 0 Å². The molecule has 18 heavy (non-hydrogen) atoms. The Kier molecular flexibility index (Phi) is 4.59. The van der Waals surface area contributed by atoms with Crippen LogP contribution in [0.2, 0.25) is 0 Å². The number of fused-ring (bicyclic) bond motifs is 1. The van der Waals surface area contributed by atoms with Gasteiger partial charge in [0.1, 0.15) is 11.9 Å². The predicted octanol–water partition coefficient (Wildman–Crippen LogP) is 3.61. The highest BCUT2D eigenvalue weighted by Crippen LogP contribution is 2.26. The molecular formula is C16H21NO. The molecule has 0 spiro atoms. The summed E-state index contributed by atoms with van der Waals surface area (Å²) in [5, 5.41) is 5.62. The van der Waals surface area contributed by atoms with Gasteiger partial charge in [-0.1, -0.05) is 49.7 Å². The third-order valence-corrected chi connectivity index (χ3v) is 3.09. The lowest BCUT2D eigenvalue weighted by Crippen LogP contribution is -2.29. The van der Waals surface area contributed by atoms with Crippen LogP contribution in [0.5, 0.6) is 5.75 Å². The molecule has 0 saturated heterocycles. The molecule has 0 radical (unpaired) electrons. The molecule has 2 aromatic carbocycles. The number of hydrogen-bond donors (Lipinski definition) is 1. The molecule has 2 heteroatoms. The fourth-order valence-corrected chi connectivity index (χ4v) is 2.23. The fraction of sp³-hybridized carbons (Fsp3) is 0.375. The Bertz CT molecular complexity index is 484. The Morgan fingerprint density at radius 1 is 1.11 bits per heavy atom. The molecule has 96 valence electrons. The summed E-state index contributed by atoms with van der Waals surface area (Å²) in [4.78, 5) is 0. The average Bonchev–Trinajstić information content (AvgIpc) is 2.40. The maximum Gasteiger partial charge on any atom is 0.127 e. The number of ether oxygens (including phenoxy) is 1. The van der Waals surface area contributed by atoms with E-state index >= 15 is 0 Å². The lowest BCUT2D eigenvalue weighted by atomic mass is 10.1. The van der Waals surface area contributed by atoms with Crippen LogP contribution in [-0.2, 0) is 0 Å². The van der Waals surface area contributed by atoms with Gasteiger partial charge in [-0.15, -0.1) is 0 Å². The molecule has 2 rings (SSSR count). The van der Waals surface area contributed by atoms with E-state index in [1.165, 1.54) is 10.8 Å². The first-order chi connectivity index (χ1) is 8.85. The van der Waals surface area contributed by atoms with Crippen molar-refractivity contribution in [3.63, 3.8) is 0 Å². The van der Waals surface area contributed by atoms with Gasteiger partial charge < -0.3 is 10.1 Å². The second kappa shape index (κ2) is 6.41. The number of benzene rings is 2. The lowest BCUT2D eigenvalue weighted by molar-refractivity contribution is 0.192. The molecule has 0 fully saturated rings. The molecule has 0 aliphatic carbocycles. The molecule has 0 aromatic heterocycles. The van der Waals surface area contributed by atoms with E-state index in [9.17, 15) is 0 Å². The van der Waals surface area contributed by atoms with E-state index in [1.54, 1.807) is 0 Å². The molecule has 0 aliphatic heterocycles. The smallest absolute Gasteiger partial charge is 0.127 e. The van der Waals surface area contributed by atoms with Crippen LogP contribution < -0.4 is 10.1 Å². The van der Waals surface area contributed by atoms with Crippen molar-refractivity contribution in [3.05, 3.63) is 42.5 Å². The van der Waals surface area contributed by atoms with E-state index in [4.69, 9.17) is 4.74 Å². The van der Waals surface area contributed by atoms with Crippen LogP contribution in [0.25, 0.3) is 10.8 Å². The van der Waals surface area contributed by atoms with E-state index in [-0.39, 0.29) is 6.10 Å². The fourth-order valence-electron chi connectivity index (χ4n) is 2.23. The third kappa shape index (κ3) is 3.02. The van der Waals surface area contributed by atoms with Crippen molar-refractivity contribution >= 4 is 10.8 Å². The normalized spacial score (nSPS) is 12.6. The number of likely N-dealkylation sites (N-methyl/N-ethyl adjacent to an activating group) is 1. The van der Waals surface area contributed by atoms with Gasteiger partial charge in [0.25, 0.3) is 0 Å². The first-order valence-electron chi connectivity index (χ1n) is 6.64. The Balaban J connectivity index is 2.24. The third-order valence-electron chi connectivity index (χ3n) is 3.09. The van der Waals surface area contributed by atoms with Crippen LogP contribution in [0.1, 0.15) is 19.8 Å². The van der Waals surface area contributed by atoms with Gasteiger partial charge >= 0.3 is 0 Å². The summed E-state index contributed by atoms with van der Waals surface area (Å²) in [6.45, 7) is 3.08. The largest absolute Gasteiger partial charge is 0.488 e. The van der Waals surface area contributed by atoms with Crippen LogP contribution in [-0.4, -0.2) is 19.7 Å². The van der Waals surface area contributed by atoms with Crippen LogP contribution in [0, 0.1) is 0 Å². The van der Waals surface area contributed by atoms with Crippen molar-refractivity contribution in [2.24, 2.45) is 0 Å². The SMILES string of the molecule is CCCC(CNC)Oc1cccc2ccccc12. The first-order valence-corrected chi connectivity index (χ1v) is 6.64. The van der Waals surface area contributed by atoms with Crippen molar-refractivity contribution < 1.29 is 4.74 Å². The van der Waals surface area contributed by atoms with Crippen LogP contribution >= 0.6 is 0 Å². The van der Waals surface area contributed by atoms with Crippen molar-refractivity contribution in [1.82, 2.24) is 5.32 Å². The van der Waals surface area contributed by atoms with Crippen LogP contribution in [0.3, 0.4) is 0 Å². The van der Waals surface area contributed by atoms with E-state index in [2.05, 4.69) is 54.7 Å². The predicted molar refractivity (Wildman–Crippen MR) is 77.2 cm³/mol. The monoisotopic (exact) mass is 243 g/mol. The summed E-state index contributed by atoms with van der Waals surface area (Å²) in [6, 6.07) is 14.6. The van der Waals surface area contributed by atoms with E-state index in [0.29, 0.717) is 0 Å². The van der Waals surface area contributed by atoms with Crippen molar-refractivity contribution in [1.29, 1.82) is 0 Å². The molecule has 0 bridgehead atoms. The summed E-state index contributed by atoms with van der Waals surface area (Å²) in [5.41, 5.74) is 0. The van der Waals surface area contributed by atoms with Crippen LogP contribution in [0.15, 0.2) is 42.5 Å². The minimum Gasteiger partial charge on any atom is -0.488 e. The average molecular weight is 243 g/mol. The molecule has 1 atom stereocenters. The second-order valence-electron chi connectivity index (χ2n) is 4.56. The Morgan fingerprint density at radius 2 is 1.89 bits per heavy atom. The van der Waals surface area contributed by atoms with E-state index in [0.717, 1.165) is 25.1 Å². The zero-order chi connectivity index (χ0) is 12.8. The molecule has 0 heterocycles. The van der Waals surface area contributed by atoms with E-state index < -0.39 is 0 Å². The molecule has 2 nitrogen and oxygen atoms in total. The minimum atomic E-state index is 0.241. The molecule has 2 aromatic rings. The molecule has 0 saturated carbocycles. The summed E-state index contributed by atoms with van der Waals surface area (Å²) in [7, 11) is 1.97. The highest BCUT2D eigenvalue weighted by atomic mass is 16.5. The molecular weight excluding hydrogens is 222 g/mol. The van der Waals surface area contributed by atoms with Gasteiger partial charge in [0.15, 0.2) is 0 Å². The highest BCUT2D eigenvalue weighted by molar-refractivity contribution is 5.88. The van der Waals surface area contributed by atoms with E-state index in [1.807, 2.05) is 7.05 Å². The lowest BCUT2D eigenvalue weighted by Gasteiger charge is -2.19. The molecule has 1 unspecified atom stereocenters. The quantitative estimate of drug-likeness (QED) is 0.837. The zero-order valence-corrected chi connectivity index (χ0v) is 11.1. The zero-order valence-electron chi connectivity index (χ0n) is 11.1. The van der Waals surface area contributed by atoms with Crippen molar-refractivity contribution in [3.8, 4) is 5.75 Å². The van der Waals surface area contributed by atoms with Gasteiger partial charge in [0.05, 0.1) is 0 Å². The maximum atomic E-state index is 6.15. The minimum absolute atomic E-state index is 0.241. The van der Waals surface area contributed by atoms with Gasteiger partial charge in [-0.2, -0.15) is 0 Å². The molecule has 1 N–H and O–H groups in total. The topological polar surface area (TPSA) is 21.3 Å². The number of rotatable bonds is 6. The van der Waals surface area contributed by atoms with Gasteiger partial charge in [-0.25, -0.2) is 0 Å². The summed E-state index contributed by atoms with van der Waals surface area (Å²) >= 11 is 0. The highest BCUT2D eigenvalue weighted by Gasteiger charge is 2.10. The summed E-state index contributed by atoms with van der Waals surface area (Å²) in [5.74, 6) is 0.988. The Hall–Kier alpha value is -1.54.